The van der Waals surface area contributed by atoms with Gasteiger partial charge in [-0.2, -0.15) is 0 Å². The molecule has 0 radical (unpaired) electrons. The molecule has 1 aliphatic rings. The number of aromatic amines is 1. The van der Waals surface area contributed by atoms with E-state index in [-0.39, 0.29) is 17.6 Å². The first-order chi connectivity index (χ1) is 11.7. The van der Waals surface area contributed by atoms with Crippen LogP contribution in [0.3, 0.4) is 0 Å². The molecule has 0 saturated heterocycles. The van der Waals surface area contributed by atoms with Crippen molar-refractivity contribution in [2.45, 2.75) is 12.0 Å². The molecule has 0 bridgehead atoms. The number of hydrogen-bond acceptors (Lipinski definition) is 2. The van der Waals surface area contributed by atoms with Crippen molar-refractivity contribution < 1.29 is 0 Å². The third-order valence-electron chi connectivity index (χ3n) is 4.59. The fraction of sp³-hybridized carbons (Fsp3) is 0.158. The van der Waals surface area contributed by atoms with E-state index in [1.807, 2.05) is 42.5 Å². The number of allylic oxidation sites excluding steroid dienone is 2. The molecule has 1 N–H and O–H groups in total. The molecule has 120 valence electrons. The summed E-state index contributed by atoms with van der Waals surface area (Å²) in [7, 11) is 1.48. The van der Waals surface area contributed by atoms with Crippen molar-refractivity contribution in [3.63, 3.8) is 0 Å². The average Bonchev–Trinajstić information content (AvgIpc) is 2.89. The summed E-state index contributed by atoms with van der Waals surface area (Å²) in [6.45, 7) is 0. The Labute approximate surface area is 138 Å². The standard InChI is InChI=1S/C19H17N3O2/c1-21-18(23)20-22(19(21)24)17-12-11-14(13-7-3-2-4-8-13)15-9-5-6-10-16(15)17/h2-12,14,17H,1H3,(H,20,23)/t14-,17-/m1/s1. The molecule has 3 aromatic rings. The summed E-state index contributed by atoms with van der Waals surface area (Å²) >= 11 is 0. The Hall–Kier alpha value is -3.08. The zero-order chi connectivity index (χ0) is 16.7. The summed E-state index contributed by atoms with van der Waals surface area (Å²) < 4.78 is 2.47. The highest BCUT2D eigenvalue weighted by molar-refractivity contribution is 5.47. The maximum absolute atomic E-state index is 12.3. The van der Waals surface area contributed by atoms with Gasteiger partial charge in [0.2, 0.25) is 0 Å². The minimum atomic E-state index is -0.406. The zero-order valence-corrected chi connectivity index (χ0v) is 13.2. The molecule has 5 heteroatoms. The third kappa shape index (κ3) is 2.17. The summed E-state index contributed by atoms with van der Waals surface area (Å²) in [5.41, 5.74) is 2.62. The van der Waals surface area contributed by atoms with E-state index >= 15 is 0 Å². The van der Waals surface area contributed by atoms with Crippen molar-refractivity contribution >= 4 is 0 Å². The first-order valence-electron chi connectivity index (χ1n) is 7.86. The minimum Gasteiger partial charge on any atom is -0.246 e. The van der Waals surface area contributed by atoms with Crippen molar-refractivity contribution in [3.05, 3.63) is 104 Å². The van der Waals surface area contributed by atoms with Crippen molar-refractivity contribution in [2.75, 3.05) is 0 Å². The van der Waals surface area contributed by atoms with Gasteiger partial charge in [-0.25, -0.2) is 23.9 Å². The van der Waals surface area contributed by atoms with Crippen LogP contribution in [0.5, 0.6) is 0 Å². The SMILES string of the molecule is Cn1c(=O)[nH]n([C@@H]2C=C[C@H](c3ccccc3)c3ccccc32)c1=O. The first kappa shape index (κ1) is 14.5. The van der Waals surface area contributed by atoms with Gasteiger partial charge < -0.3 is 0 Å². The molecule has 2 aromatic carbocycles. The summed E-state index contributed by atoms with van der Waals surface area (Å²) in [6, 6.07) is 18.0. The van der Waals surface area contributed by atoms with Crippen molar-refractivity contribution in [2.24, 2.45) is 7.05 Å². The van der Waals surface area contributed by atoms with Gasteiger partial charge in [-0.15, -0.1) is 0 Å². The fourth-order valence-corrected chi connectivity index (χ4v) is 3.33. The number of nitrogens with zero attached hydrogens (tertiary/aromatic N) is 2. The summed E-state index contributed by atoms with van der Waals surface area (Å²) in [5.74, 6) is 0.143. The van der Waals surface area contributed by atoms with Gasteiger partial charge in [0.15, 0.2) is 0 Å². The van der Waals surface area contributed by atoms with E-state index in [0.717, 1.165) is 15.7 Å². The highest BCUT2D eigenvalue weighted by atomic mass is 16.2. The summed E-state index contributed by atoms with van der Waals surface area (Å²) in [5, 5.41) is 2.64. The molecule has 4 rings (SSSR count). The maximum atomic E-state index is 12.3. The molecule has 0 fully saturated rings. The Morgan fingerprint density at radius 2 is 1.54 bits per heavy atom. The molecular weight excluding hydrogens is 302 g/mol. The first-order valence-corrected chi connectivity index (χ1v) is 7.86. The lowest BCUT2D eigenvalue weighted by molar-refractivity contribution is 0.566. The van der Waals surface area contributed by atoms with Crippen LogP contribution >= 0.6 is 0 Å². The third-order valence-corrected chi connectivity index (χ3v) is 4.59. The lowest BCUT2D eigenvalue weighted by atomic mass is 9.81. The van der Waals surface area contributed by atoms with E-state index in [0.29, 0.717) is 0 Å². The van der Waals surface area contributed by atoms with Gasteiger partial charge >= 0.3 is 11.4 Å². The minimum absolute atomic E-state index is 0.143. The van der Waals surface area contributed by atoms with Crippen LogP contribution in [-0.4, -0.2) is 14.3 Å². The molecule has 0 saturated carbocycles. The number of hydrogen-bond donors (Lipinski definition) is 1. The summed E-state index contributed by atoms with van der Waals surface area (Å²) in [4.78, 5) is 24.1. The van der Waals surface area contributed by atoms with Gasteiger partial charge in [0.05, 0.1) is 6.04 Å². The van der Waals surface area contributed by atoms with Gasteiger partial charge in [0.25, 0.3) is 0 Å². The Balaban J connectivity index is 1.88. The number of benzene rings is 2. The van der Waals surface area contributed by atoms with Crippen molar-refractivity contribution in [1.29, 1.82) is 0 Å². The smallest absolute Gasteiger partial charge is 0.246 e. The Morgan fingerprint density at radius 1 is 0.875 bits per heavy atom. The van der Waals surface area contributed by atoms with Crippen LogP contribution < -0.4 is 11.4 Å². The molecule has 1 heterocycles. The van der Waals surface area contributed by atoms with E-state index in [4.69, 9.17) is 0 Å². The molecular formula is C19H17N3O2. The molecule has 0 unspecified atom stereocenters. The van der Waals surface area contributed by atoms with Crippen LogP contribution in [0.4, 0.5) is 0 Å². The molecule has 24 heavy (non-hydrogen) atoms. The largest absolute Gasteiger partial charge is 0.347 e. The second kappa shape index (κ2) is 5.53. The quantitative estimate of drug-likeness (QED) is 0.736. The molecule has 5 nitrogen and oxygen atoms in total. The molecule has 1 aromatic heterocycles. The van der Waals surface area contributed by atoms with Gasteiger partial charge in [0, 0.05) is 13.0 Å². The van der Waals surface area contributed by atoms with Crippen molar-refractivity contribution in [1.82, 2.24) is 14.3 Å². The van der Waals surface area contributed by atoms with E-state index in [9.17, 15) is 9.59 Å². The molecule has 0 aliphatic heterocycles. The van der Waals surface area contributed by atoms with Crippen LogP contribution in [0.2, 0.25) is 0 Å². The fourth-order valence-electron chi connectivity index (χ4n) is 3.33. The van der Waals surface area contributed by atoms with Crippen LogP contribution in [-0.2, 0) is 7.05 Å². The number of H-pyrrole nitrogens is 1. The number of fused-ring (bicyclic) bond motifs is 1. The lowest BCUT2D eigenvalue weighted by Crippen LogP contribution is -2.29. The normalized spacial score (nSPS) is 19.2. The summed E-state index contributed by atoms with van der Waals surface area (Å²) in [6.07, 6.45) is 4.08. The second-order valence-electron chi connectivity index (χ2n) is 5.98. The Bertz CT molecular complexity index is 1020. The molecule has 1 aliphatic carbocycles. The van der Waals surface area contributed by atoms with Gasteiger partial charge in [-0.05, 0) is 16.7 Å². The number of aromatic nitrogens is 3. The highest BCUT2D eigenvalue weighted by Crippen LogP contribution is 2.37. The number of rotatable bonds is 2. The predicted octanol–water partition coefficient (Wildman–Crippen LogP) is 2.17. The van der Waals surface area contributed by atoms with Gasteiger partial charge in [-0.1, -0.05) is 66.7 Å². The lowest BCUT2D eigenvalue weighted by Gasteiger charge is -2.27. The van der Waals surface area contributed by atoms with Gasteiger partial charge in [0.1, 0.15) is 0 Å². The Kier molecular flexibility index (Phi) is 3.34. The van der Waals surface area contributed by atoms with Crippen molar-refractivity contribution in [3.8, 4) is 0 Å². The number of nitrogens with one attached hydrogen (secondary N) is 1. The Morgan fingerprint density at radius 3 is 2.21 bits per heavy atom. The van der Waals surface area contributed by atoms with Crippen LogP contribution in [0.15, 0.2) is 76.3 Å². The monoisotopic (exact) mass is 319 g/mol. The maximum Gasteiger partial charge on any atom is 0.347 e. The van der Waals surface area contributed by atoms with Gasteiger partial charge in [-0.3, -0.25) is 0 Å². The van der Waals surface area contributed by atoms with Crippen LogP contribution in [0.25, 0.3) is 0 Å². The van der Waals surface area contributed by atoms with Crippen LogP contribution in [0, 0.1) is 0 Å². The average molecular weight is 319 g/mol. The van der Waals surface area contributed by atoms with Crippen LogP contribution in [0.1, 0.15) is 28.7 Å². The highest BCUT2D eigenvalue weighted by Gasteiger charge is 2.26. The molecule has 0 spiro atoms. The molecule has 2 atom stereocenters. The van der Waals surface area contributed by atoms with E-state index in [2.05, 4.69) is 29.4 Å². The zero-order valence-electron chi connectivity index (χ0n) is 13.2. The van der Waals surface area contributed by atoms with E-state index < -0.39 is 5.69 Å². The van der Waals surface area contributed by atoms with E-state index in [1.54, 1.807) is 0 Å². The second-order valence-corrected chi connectivity index (χ2v) is 5.98. The predicted molar refractivity (Wildman–Crippen MR) is 92.3 cm³/mol. The van der Waals surface area contributed by atoms with E-state index in [1.165, 1.54) is 17.3 Å². The topological polar surface area (TPSA) is 59.8 Å². The molecule has 0 amide bonds.